The molecule has 8 heavy (non-hydrogen) atoms. The van der Waals surface area contributed by atoms with Gasteiger partial charge in [-0.05, 0) is 0 Å². The third kappa shape index (κ3) is 1.14. The van der Waals surface area contributed by atoms with Crippen LogP contribution in [0.4, 0.5) is 0 Å². The number of hydrogen-bond donors (Lipinski definition) is 3. The maximum Gasteiger partial charge on any atom is 0.112 e. The van der Waals surface area contributed by atoms with E-state index in [1.54, 1.807) is 12.5 Å². The second kappa shape index (κ2) is 2.20. The van der Waals surface area contributed by atoms with Gasteiger partial charge in [0.05, 0.1) is 6.54 Å². The Morgan fingerprint density at radius 2 is 2.62 bits per heavy atom. The molecule has 0 fully saturated rings. The molecular weight excluding hydrogens is 104 g/mol. The molecule has 0 aliphatic carbocycles. The predicted molar refractivity (Wildman–Crippen MR) is 31.9 cm³/mol. The highest BCUT2D eigenvalue weighted by atomic mass is 15.3. The fourth-order valence-corrected chi connectivity index (χ4v) is 0.415. The van der Waals surface area contributed by atoms with E-state index in [0.717, 1.165) is 5.70 Å². The molecule has 4 N–H and O–H groups in total. The highest BCUT2D eigenvalue weighted by Crippen LogP contribution is 1.78. The molecule has 0 saturated carbocycles. The smallest absolute Gasteiger partial charge is 0.112 e. The van der Waals surface area contributed by atoms with Crippen molar-refractivity contribution < 1.29 is 0 Å². The number of nitrogens with zero attached hydrogens (tertiary/aromatic N) is 1. The average molecular weight is 112 g/mol. The summed E-state index contributed by atoms with van der Waals surface area (Å²) in [4.78, 5) is 0. The van der Waals surface area contributed by atoms with Crippen LogP contribution < -0.4 is 16.5 Å². The van der Waals surface area contributed by atoms with Gasteiger partial charge in [-0.3, -0.25) is 0 Å². The summed E-state index contributed by atoms with van der Waals surface area (Å²) in [6, 6.07) is 0. The fourth-order valence-electron chi connectivity index (χ4n) is 0.415. The molecule has 1 aliphatic rings. The zero-order valence-electron chi connectivity index (χ0n) is 4.39. The van der Waals surface area contributed by atoms with E-state index in [0.29, 0.717) is 6.54 Å². The van der Waals surface area contributed by atoms with Gasteiger partial charge in [-0.25, -0.2) is 0 Å². The van der Waals surface area contributed by atoms with Crippen molar-refractivity contribution in [3.63, 3.8) is 0 Å². The first kappa shape index (κ1) is 4.96. The highest BCUT2D eigenvalue weighted by molar-refractivity contribution is 5.55. The first-order valence-electron chi connectivity index (χ1n) is 2.34. The van der Waals surface area contributed by atoms with E-state index in [1.807, 2.05) is 0 Å². The Bertz CT molecular complexity index is 126. The molecule has 1 rings (SSSR count). The molecule has 1 aliphatic heterocycles. The Hall–Kier alpha value is -1.19. The van der Waals surface area contributed by atoms with Crippen LogP contribution in [0.2, 0.25) is 0 Å². The molecule has 44 valence electrons. The van der Waals surface area contributed by atoms with Crippen molar-refractivity contribution in [1.82, 2.24) is 10.7 Å². The predicted octanol–water partition coefficient (Wildman–Crippen LogP) is -1.08. The molecule has 0 unspecified atom stereocenters. The average Bonchev–Trinajstić information content (AvgIpc) is 1.94. The first-order valence-corrected chi connectivity index (χ1v) is 2.34. The minimum atomic E-state index is 0.615. The van der Waals surface area contributed by atoms with E-state index < -0.39 is 0 Å². The second-order valence-corrected chi connectivity index (χ2v) is 1.48. The summed E-state index contributed by atoms with van der Waals surface area (Å²) < 4.78 is 0. The quantitative estimate of drug-likeness (QED) is 0.373. The summed E-state index contributed by atoms with van der Waals surface area (Å²) in [6.45, 7) is 0.615. The number of nitrogens with one attached hydrogen (secondary N) is 2. The van der Waals surface area contributed by atoms with Crippen LogP contribution in [0.5, 0.6) is 0 Å². The lowest BCUT2D eigenvalue weighted by Gasteiger charge is -1.93. The maximum absolute atomic E-state index is 5.39. The standard InChI is InChI=1S/C4H8N4/c5-4-1-6-3-8-7-2-4/h1,3,7H,2,5H2,(H,6,8). The number of hydrogen-bond acceptors (Lipinski definition) is 4. The Morgan fingerprint density at radius 3 is 3.50 bits per heavy atom. The summed E-state index contributed by atoms with van der Waals surface area (Å²) in [5.41, 5.74) is 8.85. The van der Waals surface area contributed by atoms with Crippen LogP contribution in [0.1, 0.15) is 0 Å². The lowest BCUT2D eigenvalue weighted by atomic mass is 10.5. The third-order valence-electron chi connectivity index (χ3n) is 0.782. The van der Waals surface area contributed by atoms with Gasteiger partial charge in [0.2, 0.25) is 0 Å². The number of nitrogens with two attached hydrogens (primary N) is 1. The summed E-state index contributed by atoms with van der Waals surface area (Å²) in [7, 11) is 0. The van der Waals surface area contributed by atoms with Crippen LogP contribution >= 0.6 is 0 Å². The Kier molecular flexibility index (Phi) is 1.37. The van der Waals surface area contributed by atoms with Crippen LogP contribution in [0.15, 0.2) is 17.0 Å². The zero-order chi connectivity index (χ0) is 5.82. The van der Waals surface area contributed by atoms with Crippen molar-refractivity contribution in [3.05, 3.63) is 11.9 Å². The molecular formula is C4H8N4. The molecule has 0 bridgehead atoms. The number of rotatable bonds is 0. The summed E-state index contributed by atoms with van der Waals surface area (Å²) in [5, 5.41) is 6.46. The lowest BCUT2D eigenvalue weighted by molar-refractivity contribution is 0.801. The Labute approximate surface area is 47.4 Å². The van der Waals surface area contributed by atoms with Gasteiger partial charge < -0.3 is 16.5 Å². The fraction of sp³-hybridized carbons (Fsp3) is 0.250. The van der Waals surface area contributed by atoms with Crippen LogP contribution in [0.3, 0.4) is 0 Å². The van der Waals surface area contributed by atoms with E-state index in [9.17, 15) is 0 Å². The molecule has 0 radical (unpaired) electrons. The summed E-state index contributed by atoms with van der Waals surface area (Å²) >= 11 is 0. The van der Waals surface area contributed by atoms with Gasteiger partial charge in [0.15, 0.2) is 0 Å². The molecule has 0 aromatic carbocycles. The molecule has 4 heteroatoms. The van der Waals surface area contributed by atoms with Crippen LogP contribution in [0.25, 0.3) is 0 Å². The molecule has 0 atom stereocenters. The largest absolute Gasteiger partial charge is 0.399 e. The normalized spacial score (nSPS) is 17.8. The van der Waals surface area contributed by atoms with E-state index in [1.165, 1.54) is 0 Å². The third-order valence-corrected chi connectivity index (χ3v) is 0.782. The van der Waals surface area contributed by atoms with Gasteiger partial charge >= 0.3 is 0 Å². The van der Waals surface area contributed by atoms with Gasteiger partial charge in [0.1, 0.15) is 6.34 Å². The van der Waals surface area contributed by atoms with Gasteiger partial charge in [0.25, 0.3) is 0 Å². The molecule has 4 nitrogen and oxygen atoms in total. The zero-order valence-corrected chi connectivity index (χ0v) is 4.39. The highest BCUT2D eigenvalue weighted by Gasteiger charge is 1.88. The van der Waals surface area contributed by atoms with Crippen molar-refractivity contribution in [2.24, 2.45) is 10.8 Å². The van der Waals surface area contributed by atoms with Crippen molar-refractivity contribution in [3.8, 4) is 0 Å². The monoisotopic (exact) mass is 112 g/mol. The lowest BCUT2D eigenvalue weighted by Crippen LogP contribution is -2.13. The SMILES string of the molecule is NC1=CNC=NNC1. The van der Waals surface area contributed by atoms with Crippen molar-refractivity contribution in [2.45, 2.75) is 0 Å². The molecule has 0 aromatic rings. The van der Waals surface area contributed by atoms with Gasteiger partial charge in [-0.1, -0.05) is 0 Å². The minimum Gasteiger partial charge on any atom is -0.399 e. The molecule has 0 spiro atoms. The van der Waals surface area contributed by atoms with Crippen LogP contribution in [-0.4, -0.2) is 12.9 Å². The Morgan fingerprint density at radius 1 is 1.75 bits per heavy atom. The van der Waals surface area contributed by atoms with Crippen molar-refractivity contribution in [1.29, 1.82) is 0 Å². The summed E-state index contributed by atoms with van der Waals surface area (Å²) in [5.74, 6) is 0. The first-order chi connectivity index (χ1) is 3.89. The molecule has 0 saturated heterocycles. The van der Waals surface area contributed by atoms with E-state index in [4.69, 9.17) is 5.73 Å². The van der Waals surface area contributed by atoms with E-state index in [2.05, 4.69) is 15.8 Å². The van der Waals surface area contributed by atoms with Gasteiger partial charge in [0, 0.05) is 11.9 Å². The summed E-state index contributed by atoms with van der Waals surface area (Å²) in [6.07, 6.45) is 3.24. The van der Waals surface area contributed by atoms with Gasteiger partial charge in [-0.15, -0.1) is 0 Å². The molecule has 0 amide bonds. The van der Waals surface area contributed by atoms with E-state index >= 15 is 0 Å². The van der Waals surface area contributed by atoms with E-state index in [-0.39, 0.29) is 0 Å². The Balaban J connectivity index is 2.48. The van der Waals surface area contributed by atoms with Crippen molar-refractivity contribution >= 4 is 6.34 Å². The topological polar surface area (TPSA) is 62.4 Å². The minimum absolute atomic E-state index is 0.615. The second-order valence-electron chi connectivity index (χ2n) is 1.48. The molecule has 1 heterocycles. The van der Waals surface area contributed by atoms with Crippen LogP contribution in [-0.2, 0) is 0 Å². The van der Waals surface area contributed by atoms with Gasteiger partial charge in [-0.2, -0.15) is 5.10 Å². The van der Waals surface area contributed by atoms with Crippen molar-refractivity contribution in [2.75, 3.05) is 6.54 Å². The number of hydrazone groups is 1. The van der Waals surface area contributed by atoms with Crippen LogP contribution in [0, 0.1) is 0 Å². The molecule has 0 aromatic heterocycles. The maximum atomic E-state index is 5.39.